The van der Waals surface area contributed by atoms with Crippen LogP contribution >= 0.6 is 15.8 Å². The van der Waals surface area contributed by atoms with Crippen LogP contribution in [0.3, 0.4) is 0 Å². The predicted molar refractivity (Wildman–Crippen MR) is 149 cm³/mol. The normalized spacial score (nSPS) is 15.1. The Labute approximate surface area is 205 Å². The highest BCUT2D eigenvalue weighted by Gasteiger charge is 2.37. The van der Waals surface area contributed by atoms with Crippen molar-refractivity contribution in [2.45, 2.75) is 37.4 Å². The molecule has 0 unspecified atom stereocenters. The predicted octanol–water partition coefficient (Wildman–Crippen LogP) is 4.75. The summed E-state index contributed by atoms with van der Waals surface area (Å²) in [5.41, 5.74) is -0.221. The molecule has 0 saturated carbocycles. The largest absolute Gasteiger partial charge is 0.390 e. The summed E-state index contributed by atoms with van der Waals surface area (Å²) in [6.45, 7) is 4.17. The highest BCUT2D eigenvalue weighted by atomic mass is 31.1. The summed E-state index contributed by atoms with van der Waals surface area (Å²) in [7, 11) is -1.68. The first kappa shape index (κ1) is 24.8. The zero-order chi connectivity index (χ0) is 23.9. The van der Waals surface area contributed by atoms with Crippen LogP contribution in [0.25, 0.3) is 0 Å². The monoisotopic (exact) mass is 486 g/mol. The fraction of sp³-hybridized carbons (Fsp3) is 0.200. The molecule has 0 aromatic heterocycles. The molecule has 4 aromatic carbocycles. The second-order valence-electron chi connectivity index (χ2n) is 8.54. The van der Waals surface area contributed by atoms with Crippen LogP contribution in [0.5, 0.6) is 0 Å². The van der Waals surface area contributed by atoms with E-state index in [4.69, 9.17) is 0 Å². The molecule has 2 N–H and O–H groups in total. The second kappa shape index (κ2) is 11.9. The number of aliphatic hydroxyl groups excluding tert-OH is 2. The van der Waals surface area contributed by atoms with E-state index in [0.717, 1.165) is 0 Å². The van der Waals surface area contributed by atoms with Crippen molar-refractivity contribution in [3.63, 3.8) is 0 Å². The Balaban J connectivity index is 1.65. The average molecular weight is 487 g/mol. The SMILES string of the molecule is C[C@H]([C@@H](O)[C@H](O)[C@@H](C)P(c1ccccc1)c1ccccc1)P(c1ccccc1)c1ccccc1. The Hall–Kier alpha value is -2.34. The summed E-state index contributed by atoms with van der Waals surface area (Å²) in [6, 6.07) is 41.6. The topological polar surface area (TPSA) is 40.5 Å². The second-order valence-corrected chi connectivity index (χ2v) is 13.7. The smallest absolute Gasteiger partial charge is 0.0875 e. The minimum atomic E-state index is -0.848. The van der Waals surface area contributed by atoms with Crippen molar-refractivity contribution in [2.75, 3.05) is 0 Å². The van der Waals surface area contributed by atoms with Crippen molar-refractivity contribution in [1.82, 2.24) is 0 Å². The molecule has 2 nitrogen and oxygen atoms in total. The molecule has 0 fully saturated rings. The van der Waals surface area contributed by atoms with Gasteiger partial charge in [-0.15, -0.1) is 0 Å². The minimum Gasteiger partial charge on any atom is -0.390 e. The number of rotatable bonds is 9. The van der Waals surface area contributed by atoms with Gasteiger partial charge in [0.15, 0.2) is 0 Å². The highest BCUT2D eigenvalue weighted by molar-refractivity contribution is 7.74. The maximum Gasteiger partial charge on any atom is 0.0875 e. The third-order valence-corrected chi connectivity index (χ3v) is 11.9. The number of benzene rings is 4. The molecule has 0 aliphatic carbocycles. The van der Waals surface area contributed by atoms with Gasteiger partial charge < -0.3 is 10.2 Å². The van der Waals surface area contributed by atoms with E-state index < -0.39 is 28.1 Å². The van der Waals surface area contributed by atoms with Crippen LogP contribution in [0.15, 0.2) is 121 Å². The standard InChI is InChI=1S/C30H32O2P2/c1-23(33(25-15-7-3-8-16-25)26-17-9-4-10-18-26)29(31)30(32)24(2)34(27-19-11-5-12-20-27)28-21-13-6-14-22-28/h3-24,29-32H,1-2H3/t23-,24-,29-,30-/m1/s1. The van der Waals surface area contributed by atoms with Crippen LogP contribution in [0.1, 0.15) is 13.8 Å². The zero-order valence-electron chi connectivity index (χ0n) is 19.6. The van der Waals surface area contributed by atoms with Gasteiger partial charge in [0.05, 0.1) is 12.2 Å². The van der Waals surface area contributed by atoms with E-state index in [1.807, 2.05) is 24.3 Å². The number of hydrogen-bond acceptors (Lipinski definition) is 2. The number of hydrogen-bond donors (Lipinski definition) is 2. The van der Waals surface area contributed by atoms with Crippen LogP contribution in [0, 0.1) is 0 Å². The molecule has 34 heavy (non-hydrogen) atoms. The average Bonchev–Trinajstić information content (AvgIpc) is 2.90. The lowest BCUT2D eigenvalue weighted by Crippen LogP contribution is -2.44. The van der Waals surface area contributed by atoms with E-state index in [2.05, 4.69) is 111 Å². The van der Waals surface area contributed by atoms with Gasteiger partial charge in [-0.3, -0.25) is 0 Å². The van der Waals surface area contributed by atoms with Crippen LogP contribution in [0.2, 0.25) is 0 Å². The Kier molecular flexibility index (Phi) is 8.65. The summed E-state index contributed by atoms with van der Waals surface area (Å²) < 4.78 is 0. The Morgan fingerprint density at radius 2 is 0.618 bits per heavy atom. The first-order chi connectivity index (χ1) is 16.6. The van der Waals surface area contributed by atoms with E-state index in [1.54, 1.807) is 0 Å². The lowest BCUT2D eigenvalue weighted by Gasteiger charge is -2.37. The van der Waals surface area contributed by atoms with Crippen molar-refractivity contribution in [2.24, 2.45) is 0 Å². The van der Waals surface area contributed by atoms with Gasteiger partial charge in [-0.1, -0.05) is 135 Å². The van der Waals surface area contributed by atoms with Crippen LogP contribution < -0.4 is 21.2 Å². The molecule has 0 amide bonds. The van der Waals surface area contributed by atoms with Gasteiger partial charge in [0.25, 0.3) is 0 Å². The fourth-order valence-corrected chi connectivity index (χ4v) is 9.88. The molecule has 0 heterocycles. The first-order valence-corrected chi connectivity index (χ1v) is 14.5. The summed E-state index contributed by atoms with van der Waals surface area (Å²) >= 11 is 0. The van der Waals surface area contributed by atoms with Crippen molar-refractivity contribution in [1.29, 1.82) is 0 Å². The summed E-state index contributed by atoms with van der Waals surface area (Å²) in [6.07, 6.45) is -1.70. The van der Waals surface area contributed by atoms with Crippen molar-refractivity contribution in [3.05, 3.63) is 121 Å². The van der Waals surface area contributed by atoms with Crippen molar-refractivity contribution >= 4 is 37.1 Å². The van der Waals surface area contributed by atoms with E-state index in [0.29, 0.717) is 0 Å². The van der Waals surface area contributed by atoms with E-state index in [1.165, 1.54) is 21.2 Å². The molecule has 0 bridgehead atoms. The Bertz CT molecular complexity index is 952. The highest BCUT2D eigenvalue weighted by Crippen LogP contribution is 2.46. The molecule has 4 atom stereocenters. The maximum absolute atomic E-state index is 11.6. The third-order valence-electron chi connectivity index (χ3n) is 6.29. The number of aliphatic hydroxyl groups is 2. The van der Waals surface area contributed by atoms with E-state index >= 15 is 0 Å². The summed E-state index contributed by atoms with van der Waals surface area (Å²) in [5.74, 6) is 0. The van der Waals surface area contributed by atoms with Gasteiger partial charge in [-0.25, -0.2) is 0 Å². The first-order valence-electron chi connectivity index (χ1n) is 11.7. The van der Waals surface area contributed by atoms with Crippen molar-refractivity contribution in [3.8, 4) is 0 Å². The van der Waals surface area contributed by atoms with Crippen LogP contribution in [0.4, 0.5) is 0 Å². The summed E-state index contributed by atoms with van der Waals surface area (Å²) in [4.78, 5) is 0. The molecule has 4 rings (SSSR count). The van der Waals surface area contributed by atoms with Gasteiger partial charge in [-0.2, -0.15) is 0 Å². The van der Waals surface area contributed by atoms with Gasteiger partial charge in [0.1, 0.15) is 0 Å². The molecule has 4 heteroatoms. The van der Waals surface area contributed by atoms with Gasteiger partial charge in [-0.05, 0) is 37.1 Å². The maximum atomic E-state index is 11.6. The molecule has 0 saturated heterocycles. The van der Waals surface area contributed by atoms with Crippen LogP contribution in [-0.2, 0) is 0 Å². The van der Waals surface area contributed by atoms with Gasteiger partial charge in [0.2, 0.25) is 0 Å². The Morgan fingerprint density at radius 1 is 0.412 bits per heavy atom. The Morgan fingerprint density at radius 3 is 0.824 bits per heavy atom. The van der Waals surface area contributed by atoms with Crippen LogP contribution in [-0.4, -0.2) is 33.7 Å². The molecule has 0 aliphatic rings. The van der Waals surface area contributed by atoms with E-state index in [9.17, 15) is 10.2 Å². The molecule has 0 radical (unpaired) electrons. The van der Waals surface area contributed by atoms with Gasteiger partial charge >= 0.3 is 0 Å². The molecular formula is C30H32O2P2. The fourth-order valence-electron chi connectivity index (χ4n) is 4.47. The molecule has 174 valence electrons. The third kappa shape index (κ3) is 5.65. The molecule has 4 aromatic rings. The molecule has 0 spiro atoms. The lowest BCUT2D eigenvalue weighted by atomic mass is 10.1. The quantitative estimate of drug-likeness (QED) is 0.335. The van der Waals surface area contributed by atoms with E-state index in [-0.39, 0.29) is 11.3 Å². The minimum absolute atomic E-state index is 0.111. The molecule has 0 aliphatic heterocycles. The molecular weight excluding hydrogens is 454 g/mol. The zero-order valence-corrected chi connectivity index (χ0v) is 21.4. The van der Waals surface area contributed by atoms with Gasteiger partial charge in [0, 0.05) is 11.3 Å². The summed E-state index contributed by atoms with van der Waals surface area (Å²) in [5, 5.41) is 28.0. The lowest BCUT2D eigenvalue weighted by molar-refractivity contribution is 0.0213. The van der Waals surface area contributed by atoms with Crippen molar-refractivity contribution < 1.29 is 10.2 Å².